The first-order valence-corrected chi connectivity index (χ1v) is 12.6. The van der Waals surface area contributed by atoms with E-state index in [1.165, 1.54) is 16.7 Å². The van der Waals surface area contributed by atoms with Crippen LogP contribution >= 0.6 is 0 Å². The number of aryl methyl sites for hydroxylation is 2. The molecule has 0 radical (unpaired) electrons. The summed E-state index contributed by atoms with van der Waals surface area (Å²) in [7, 11) is -1.37. The lowest BCUT2D eigenvalue weighted by Crippen LogP contribution is -2.48. The second-order valence-corrected chi connectivity index (χ2v) is 10.3. The van der Waals surface area contributed by atoms with Crippen molar-refractivity contribution in [1.82, 2.24) is 10.2 Å². The minimum Gasteiger partial charge on any atom is -0.370 e. The van der Waals surface area contributed by atoms with Crippen molar-refractivity contribution >= 4 is 15.8 Å². The Bertz CT molecular complexity index is 990. The van der Waals surface area contributed by atoms with E-state index in [0.29, 0.717) is 19.6 Å². The van der Waals surface area contributed by atoms with Crippen molar-refractivity contribution in [3.63, 3.8) is 0 Å². The number of nitrogens with one attached hydrogen (secondary N) is 1. The number of sulfone groups is 1. The molecule has 0 amide bonds. The fraction of sp³-hybridized carbons (Fsp3) is 0.458. The van der Waals surface area contributed by atoms with Gasteiger partial charge in [-0.15, -0.1) is 0 Å². The van der Waals surface area contributed by atoms with Crippen molar-refractivity contribution in [2.75, 3.05) is 39.0 Å². The highest BCUT2D eigenvalue weighted by molar-refractivity contribution is 7.90. The summed E-state index contributed by atoms with van der Waals surface area (Å²) >= 11 is 0. The van der Waals surface area contributed by atoms with Gasteiger partial charge in [0.15, 0.2) is 15.8 Å². The molecular formula is C24H33N3O3S. The molecule has 0 bridgehead atoms. The van der Waals surface area contributed by atoms with Crippen LogP contribution in [0.1, 0.15) is 34.8 Å². The van der Waals surface area contributed by atoms with Crippen molar-refractivity contribution in [3.8, 4) is 0 Å². The SMILES string of the molecule is CN=C(NCCCS(=O)(=O)Cc1ccccc1)N1CCOC(c2ccc(C)cc2C)C1. The molecule has 2 aromatic rings. The van der Waals surface area contributed by atoms with E-state index in [9.17, 15) is 8.42 Å². The Morgan fingerprint density at radius 1 is 1.19 bits per heavy atom. The molecule has 0 aliphatic carbocycles. The number of hydrogen-bond acceptors (Lipinski definition) is 4. The topological polar surface area (TPSA) is 71.0 Å². The Kier molecular flexibility index (Phi) is 8.09. The molecule has 1 atom stereocenters. The van der Waals surface area contributed by atoms with E-state index in [0.717, 1.165) is 24.6 Å². The van der Waals surface area contributed by atoms with E-state index in [4.69, 9.17) is 4.74 Å². The number of benzene rings is 2. The molecule has 0 spiro atoms. The van der Waals surface area contributed by atoms with Gasteiger partial charge in [0.05, 0.1) is 24.7 Å². The van der Waals surface area contributed by atoms with Gasteiger partial charge in [-0.05, 0) is 37.0 Å². The molecule has 168 valence electrons. The Labute approximate surface area is 186 Å². The smallest absolute Gasteiger partial charge is 0.193 e. The third-order valence-electron chi connectivity index (χ3n) is 5.49. The van der Waals surface area contributed by atoms with Gasteiger partial charge in [-0.25, -0.2) is 8.42 Å². The fourth-order valence-corrected chi connectivity index (χ4v) is 5.37. The highest BCUT2D eigenvalue weighted by Crippen LogP contribution is 2.25. The van der Waals surface area contributed by atoms with Crippen LogP contribution in [-0.4, -0.2) is 58.3 Å². The van der Waals surface area contributed by atoms with Gasteiger partial charge in [-0.3, -0.25) is 4.99 Å². The van der Waals surface area contributed by atoms with E-state index >= 15 is 0 Å². The quantitative estimate of drug-likeness (QED) is 0.404. The van der Waals surface area contributed by atoms with E-state index in [1.54, 1.807) is 7.05 Å². The summed E-state index contributed by atoms with van der Waals surface area (Å²) < 4.78 is 30.8. The molecule has 1 heterocycles. The zero-order chi connectivity index (χ0) is 22.3. The molecule has 0 saturated carbocycles. The summed E-state index contributed by atoms with van der Waals surface area (Å²) in [6, 6.07) is 15.8. The molecule has 3 rings (SSSR count). The zero-order valence-corrected chi connectivity index (χ0v) is 19.5. The van der Waals surface area contributed by atoms with Crippen LogP contribution in [-0.2, 0) is 20.3 Å². The number of ether oxygens (including phenoxy) is 1. The number of rotatable bonds is 7. The zero-order valence-electron chi connectivity index (χ0n) is 18.7. The molecule has 1 unspecified atom stereocenters. The van der Waals surface area contributed by atoms with E-state index in [-0.39, 0.29) is 17.6 Å². The van der Waals surface area contributed by atoms with Crippen LogP contribution in [0.4, 0.5) is 0 Å². The number of morpholine rings is 1. The van der Waals surface area contributed by atoms with Gasteiger partial charge in [-0.2, -0.15) is 0 Å². The average molecular weight is 444 g/mol. The van der Waals surface area contributed by atoms with Gasteiger partial charge in [0.25, 0.3) is 0 Å². The second kappa shape index (κ2) is 10.8. The van der Waals surface area contributed by atoms with Crippen LogP contribution in [0.25, 0.3) is 0 Å². The maximum absolute atomic E-state index is 12.4. The predicted octanol–water partition coefficient (Wildman–Crippen LogP) is 3.26. The minimum atomic E-state index is -3.13. The fourth-order valence-electron chi connectivity index (χ4n) is 3.94. The summed E-state index contributed by atoms with van der Waals surface area (Å²) in [6.07, 6.45) is 0.540. The lowest BCUT2D eigenvalue weighted by atomic mass is 10.00. The molecule has 6 nitrogen and oxygen atoms in total. The van der Waals surface area contributed by atoms with Gasteiger partial charge in [0, 0.05) is 20.1 Å². The Morgan fingerprint density at radius 3 is 2.68 bits per heavy atom. The highest BCUT2D eigenvalue weighted by Gasteiger charge is 2.25. The highest BCUT2D eigenvalue weighted by atomic mass is 32.2. The first-order valence-electron chi connectivity index (χ1n) is 10.8. The number of hydrogen-bond donors (Lipinski definition) is 1. The number of aliphatic imine (C=N–C) groups is 1. The molecular weight excluding hydrogens is 410 g/mol. The Morgan fingerprint density at radius 2 is 1.97 bits per heavy atom. The lowest BCUT2D eigenvalue weighted by molar-refractivity contribution is -0.00830. The number of nitrogens with zero attached hydrogens (tertiary/aromatic N) is 2. The van der Waals surface area contributed by atoms with E-state index < -0.39 is 9.84 Å². The van der Waals surface area contributed by atoms with Gasteiger partial charge in [0.1, 0.15) is 6.10 Å². The van der Waals surface area contributed by atoms with Crippen LogP contribution in [0.5, 0.6) is 0 Å². The maximum atomic E-state index is 12.4. The van der Waals surface area contributed by atoms with E-state index in [2.05, 4.69) is 47.3 Å². The van der Waals surface area contributed by atoms with Gasteiger partial charge < -0.3 is 15.0 Å². The van der Waals surface area contributed by atoms with Gasteiger partial charge >= 0.3 is 0 Å². The van der Waals surface area contributed by atoms with Crippen molar-refractivity contribution in [1.29, 1.82) is 0 Å². The van der Waals surface area contributed by atoms with Gasteiger partial charge in [-0.1, -0.05) is 54.1 Å². The summed E-state index contributed by atoms with van der Waals surface area (Å²) in [5, 5.41) is 3.33. The molecule has 31 heavy (non-hydrogen) atoms. The molecule has 0 aromatic heterocycles. The summed E-state index contributed by atoms with van der Waals surface area (Å²) in [5.41, 5.74) is 4.52. The monoisotopic (exact) mass is 443 g/mol. The summed E-state index contributed by atoms with van der Waals surface area (Å²) in [6.45, 7) is 6.88. The lowest BCUT2D eigenvalue weighted by Gasteiger charge is -2.35. The minimum absolute atomic E-state index is 0.000787. The molecule has 1 aliphatic heterocycles. The standard InChI is InChI=1S/C24H33N3O3S/c1-19-10-11-22(20(2)16-19)23-17-27(13-14-30-23)24(25-3)26-12-7-15-31(28,29)18-21-8-5-4-6-9-21/h4-6,8-11,16,23H,7,12-15,17-18H2,1-3H3,(H,25,26). The second-order valence-electron chi connectivity index (χ2n) is 8.07. The molecule has 1 fully saturated rings. The Balaban J connectivity index is 1.50. The average Bonchev–Trinajstić information content (AvgIpc) is 2.74. The molecule has 1 saturated heterocycles. The van der Waals surface area contributed by atoms with Crippen molar-refractivity contribution in [2.24, 2.45) is 4.99 Å². The van der Waals surface area contributed by atoms with Crippen LogP contribution in [0.3, 0.4) is 0 Å². The van der Waals surface area contributed by atoms with Crippen LogP contribution in [0.2, 0.25) is 0 Å². The third kappa shape index (κ3) is 6.80. The summed E-state index contributed by atoms with van der Waals surface area (Å²) in [5.74, 6) is 1.03. The maximum Gasteiger partial charge on any atom is 0.193 e. The van der Waals surface area contributed by atoms with Crippen LogP contribution in [0.15, 0.2) is 53.5 Å². The predicted molar refractivity (Wildman–Crippen MR) is 126 cm³/mol. The number of guanidine groups is 1. The normalized spacial score (nSPS) is 17.6. The van der Waals surface area contributed by atoms with Crippen molar-refractivity contribution in [2.45, 2.75) is 32.1 Å². The first-order chi connectivity index (χ1) is 14.9. The molecule has 2 aromatic carbocycles. The molecule has 1 aliphatic rings. The van der Waals surface area contributed by atoms with Crippen LogP contribution in [0, 0.1) is 13.8 Å². The van der Waals surface area contributed by atoms with Gasteiger partial charge in [0.2, 0.25) is 0 Å². The third-order valence-corrected chi connectivity index (χ3v) is 7.18. The Hall–Kier alpha value is -2.38. The van der Waals surface area contributed by atoms with Crippen LogP contribution < -0.4 is 5.32 Å². The molecule has 7 heteroatoms. The van der Waals surface area contributed by atoms with Crippen molar-refractivity contribution in [3.05, 3.63) is 70.8 Å². The molecule has 1 N–H and O–H groups in total. The van der Waals surface area contributed by atoms with Crippen molar-refractivity contribution < 1.29 is 13.2 Å². The summed E-state index contributed by atoms with van der Waals surface area (Å²) in [4.78, 5) is 6.59. The largest absolute Gasteiger partial charge is 0.370 e. The first kappa shape index (κ1) is 23.3. The van der Waals surface area contributed by atoms with E-state index in [1.807, 2.05) is 30.3 Å².